The normalized spacial score (nSPS) is 23.0. The van der Waals surface area contributed by atoms with E-state index < -0.39 is 0 Å². The molecule has 1 aromatic rings. The van der Waals surface area contributed by atoms with Gasteiger partial charge in [0.1, 0.15) is 5.75 Å². The predicted molar refractivity (Wildman–Crippen MR) is 85.4 cm³/mol. The molecule has 2 heteroatoms. The number of hydrogen-bond acceptors (Lipinski definition) is 2. The summed E-state index contributed by atoms with van der Waals surface area (Å²) in [4.78, 5) is 0. The average molecular weight is 275 g/mol. The molecule has 1 fully saturated rings. The molecule has 1 aliphatic carbocycles. The van der Waals surface area contributed by atoms with Crippen LogP contribution in [0.4, 0.5) is 0 Å². The molecule has 0 aliphatic heterocycles. The Hall–Kier alpha value is -1.02. The van der Waals surface area contributed by atoms with E-state index in [9.17, 15) is 0 Å². The molecule has 0 aromatic heterocycles. The van der Waals surface area contributed by atoms with Gasteiger partial charge in [0.05, 0.1) is 7.11 Å². The Balaban J connectivity index is 1.98. The molecule has 1 aromatic carbocycles. The van der Waals surface area contributed by atoms with Crippen molar-refractivity contribution in [1.29, 1.82) is 0 Å². The third kappa shape index (κ3) is 4.24. The van der Waals surface area contributed by atoms with E-state index in [1.165, 1.54) is 31.2 Å². The van der Waals surface area contributed by atoms with Crippen molar-refractivity contribution in [3.8, 4) is 5.75 Å². The molecular formula is C18H29NO. The second-order valence-corrected chi connectivity index (χ2v) is 6.48. The van der Waals surface area contributed by atoms with Crippen molar-refractivity contribution in [2.45, 2.75) is 45.4 Å². The highest BCUT2D eigenvalue weighted by Crippen LogP contribution is 2.37. The number of rotatable bonds is 6. The first-order valence-electron chi connectivity index (χ1n) is 8.05. The molecule has 20 heavy (non-hydrogen) atoms. The first-order valence-corrected chi connectivity index (χ1v) is 8.05. The van der Waals surface area contributed by atoms with E-state index >= 15 is 0 Å². The van der Waals surface area contributed by atoms with E-state index in [1.807, 2.05) is 0 Å². The monoisotopic (exact) mass is 275 g/mol. The molecule has 1 N–H and O–H groups in total. The first kappa shape index (κ1) is 15.4. The van der Waals surface area contributed by atoms with E-state index in [4.69, 9.17) is 4.74 Å². The minimum absolute atomic E-state index is 0.717. The molecule has 1 saturated carbocycles. The number of nitrogens with one attached hydrogen (secondary N) is 1. The van der Waals surface area contributed by atoms with E-state index in [1.54, 1.807) is 7.11 Å². The second-order valence-electron chi connectivity index (χ2n) is 6.48. The summed E-state index contributed by atoms with van der Waals surface area (Å²) in [5.74, 6) is 3.20. The number of methoxy groups -OCH3 is 1. The zero-order chi connectivity index (χ0) is 14.4. The summed E-state index contributed by atoms with van der Waals surface area (Å²) in [6.45, 7) is 6.84. The van der Waals surface area contributed by atoms with Crippen LogP contribution < -0.4 is 10.1 Å². The Kier molecular flexibility index (Phi) is 5.90. The third-order valence-corrected chi connectivity index (χ3v) is 4.41. The van der Waals surface area contributed by atoms with E-state index in [2.05, 4.69) is 43.4 Å². The van der Waals surface area contributed by atoms with Gasteiger partial charge in [-0.2, -0.15) is 0 Å². The summed E-state index contributed by atoms with van der Waals surface area (Å²) in [5.41, 5.74) is 1.49. The zero-order valence-corrected chi connectivity index (χ0v) is 13.2. The highest BCUT2D eigenvalue weighted by atomic mass is 16.5. The van der Waals surface area contributed by atoms with Gasteiger partial charge < -0.3 is 10.1 Å². The Morgan fingerprint density at radius 3 is 2.50 bits per heavy atom. The van der Waals surface area contributed by atoms with Crippen LogP contribution in [-0.4, -0.2) is 20.2 Å². The minimum Gasteiger partial charge on any atom is -0.497 e. The van der Waals surface area contributed by atoms with E-state index in [-0.39, 0.29) is 0 Å². The molecule has 0 bridgehead atoms. The second kappa shape index (κ2) is 7.68. The molecule has 0 saturated heterocycles. The lowest BCUT2D eigenvalue weighted by Crippen LogP contribution is -2.31. The van der Waals surface area contributed by atoms with Crippen molar-refractivity contribution < 1.29 is 4.74 Å². The largest absolute Gasteiger partial charge is 0.497 e. The molecule has 112 valence electrons. The van der Waals surface area contributed by atoms with Crippen LogP contribution in [0.5, 0.6) is 5.75 Å². The summed E-state index contributed by atoms with van der Waals surface area (Å²) in [6.07, 6.45) is 5.46. The zero-order valence-electron chi connectivity index (χ0n) is 13.2. The lowest BCUT2D eigenvalue weighted by Gasteiger charge is -2.32. The molecule has 2 atom stereocenters. The van der Waals surface area contributed by atoms with Crippen molar-refractivity contribution in [2.24, 2.45) is 11.8 Å². The van der Waals surface area contributed by atoms with E-state index in [0.29, 0.717) is 5.92 Å². The van der Waals surface area contributed by atoms with Gasteiger partial charge in [-0.3, -0.25) is 0 Å². The average Bonchev–Trinajstić information content (AvgIpc) is 2.47. The van der Waals surface area contributed by atoms with Gasteiger partial charge in [0.25, 0.3) is 0 Å². The SMILES string of the molecule is COc1ccc(C2CCCCC2CNCC(C)C)cc1. The van der Waals surface area contributed by atoms with Crippen LogP contribution in [0, 0.1) is 11.8 Å². The Labute approximate surface area is 123 Å². The maximum Gasteiger partial charge on any atom is 0.118 e. The summed E-state index contributed by atoms with van der Waals surface area (Å²) >= 11 is 0. The predicted octanol–water partition coefficient (Wildman–Crippen LogP) is 4.21. The van der Waals surface area contributed by atoms with Gasteiger partial charge in [-0.05, 0) is 61.4 Å². The highest BCUT2D eigenvalue weighted by Gasteiger charge is 2.26. The smallest absolute Gasteiger partial charge is 0.118 e. The van der Waals surface area contributed by atoms with Gasteiger partial charge in [0.2, 0.25) is 0 Å². The molecule has 0 heterocycles. The summed E-state index contributed by atoms with van der Waals surface area (Å²) < 4.78 is 5.26. The van der Waals surface area contributed by atoms with Crippen molar-refractivity contribution >= 4 is 0 Å². The summed E-state index contributed by atoms with van der Waals surface area (Å²) in [5, 5.41) is 3.65. The Morgan fingerprint density at radius 1 is 1.15 bits per heavy atom. The maximum atomic E-state index is 5.26. The standard InChI is InChI=1S/C18H29NO/c1-14(2)12-19-13-16-6-4-5-7-18(16)15-8-10-17(20-3)11-9-15/h8-11,14,16,18-19H,4-7,12-13H2,1-3H3. The summed E-state index contributed by atoms with van der Waals surface area (Å²) in [7, 11) is 1.73. The van der Waals surface area contributed by atoms with Gasteiger partial charge in [0, 0.05) is 0 Å². The fraction of sp³-hybridized carbons (Fsp3) is 0.667. The molecule has 2 rings (SSSR count). The maximum absolute atomic E-state index is 5.26. The van der Waals surface area contributed by atoms with E-state index in [0.717, 1.165) is 30.7 Å². The van der Waals surface area contributed by atoms with Gasteiger partial charge in [-0.1, -0.05) is 38.8 Å². The fourth-order valence-electron chi connectivity index (χ4n) is 3.30. The summed E-state index contributed by atoms with van der Waals surface area (Å²) in [6, 6.07) is 8.71. The van der Waals surface area contributed by atoms with Crippen LogP contribution in [0.25, 0.3) is 0 Å². The van der Waals surface area contributed by atoms with Crippen LogP contribution in [0.2, 0.25) is 0 Å². The molecule has 1 aliphatic rings. The van der Waals surface area contributed by atoms with Gasteiger partial charge in [-0.15, -0.1) is 0 Å². The van der Waals surface area contributed by atoms with Crippen LogP contribution in [0.1, 0.15) is 51.0 Å². The molecule has 0 amide bonds. The van der Waals surface area contributed by atoms with Crippen LogP contribution in [0.15, 0.2) is 24.3 Å². The van der Waals surface area contributed by atoms with Gasteiger partial charge in [0.15, 0.2) is 0 Å². The number of ether oxygens (including phenoxy) is 1. The van der Waals surface area contributed by atoms with Crippen molar-refractivity contribution in [2.75, 3.05) is 20.2 Å². The number of hydrogen-bond donors (Lipinski definition) is 1. The molecular weight excluding hydrogens is 246 g/mol. The lowest BCUT2D eigenvalue weighted by molar-refractivity contribution is 0.292. The minimum atomic E-state index is 0.717. The quantitative estimate of drug-likeness (QED) is 0.839. The van der Waals surface area contributed by atoms with Crippen molar-refractivity contribution in [3.63, 3.8) is 0 Å². The lowest BCUT2D eigenvalue weighted by atomic mass is 9.75. The van der Waals surface area contributed by atoms with Crippen LogP contribution >= 0.6 is 0 Å². The van der Waals surface area contributed by atoms with Crippen molar-refractivity contribution in [3.05, 3.63) is 29.8 Å². The Bertz CT molecular complexity index is 385. The Morgan fingerprint density at radius 2 is 1.85 bits per heavy atom. The molecule has 2 unspecified atom stereocenters. The molecule has 2 nitrogen and oxygen atoms in total. The van der Waals surface area contributed by atoms with Crippen LogP contribution in [0.3, 0.4) is 0 Å². The first-order chi connectivity index (χ1) is 9.70. The molecule has 0 spiro atoms. The van der Waals surface area contributed by atoms with Crippen molar-refractivity contribution in [1.82, 2.24) is 5.32 Å². The van der Waals surface area contributed by atoms with Gasteiger partial charge >= 0.3 is 0 Å². The number of benzene rings is 1. The topological polar surface area (TPSA) is 21.3 Å². The molecule has 0 radical (unpaired) electrons. The van der Waals surface area contributed by atoms with Gasteiger partial charge in [-0.25, -0.2) is 0 Å². The third-order valence-electron chi connectivity index (χ3n) is 4.41. The fourth-order valence-corrected chi connectivity index (χ4v) is 3.30. The highest BCUT2D eigenvalue weighted by molar-refractivity contribution is 5.30. The van der Waals surface area contributed by atoms with Crippen LogP contribution in [-0.2, 0) is 0 Å².